The summed E-state index contributed by atoms with van der Waals surface area (Å²) in [7, 11) is -0.866. The number of hydrogen-bond donors (Lipinski definition) is 1. The fourth-order valence-electron chi connectivity index (χ4n) is 2.18. The normalized spacial score (nSPS) is 12.7. The molecule has 0 aromatic heterocycles. The fraction of sp³-hybridized carbons (Fsp3) is 0.250. The van der Waals surface area contributed by atoms with Crippen molar-refractivity contribution in [1.29, 1.82) is 0 Å². The van der Waals surface area contributed by atoms with E-state index >= 15 is 0 Å². The van der Waals surface area contributed by atoms with Crippen LogP contribution < -0.4 is 14.2 Å². The standard InChI is InChI=1S/C16H18BrNO4S/c1-11(13-6-4-5-7-14(13)17)18-23(19,20)16-10-12(21-2)8-9-15(16)22-3/h4-11,18H,1-3H3. The summed E-state index contributed by atoms with van der Waals surface area (Å²) in [5.74, 6) is 0.706. The van der Waals surface area contributed by atoms with E-state index in [1.165, 1.54) is 20.3 Å². The molecule has 5 nitrogen and oxygen atoms in total. The van der Waals surface area contributed by atoms with Gasteiger partial charge in [-0.25, -0.2) is 13.1 Å². The Morgan fingerprint density at radius 3 is 2.39 bits per heavy atom. The van der Waals surface area contributed by atoms with E-state index in [0.29, 0.717) is 5.75 Å². The van der Waals surface area contributed by atoms with Crippen molar-refractivity contribution in [3.05, 3.63) is 52.5 Å². The van der Waals surface area contributed by atoms with Crippen molar-refractivity contribution in [2.45, 2.75) is 17.9 Å². The molecule has 0 heterocycles. The topological polar surface area (TPSA) is 64.6 Å². The summed E-state index contributed by atoms with van der Waals surface area (Å²) in [5.41, 5.74) is 0.845. The third kappa shape index (κ3) is 4.04. The average Bonchev–Trinajstić information content (AvgIpc) is 2.54. The smallest absolute Gasteiger partial charge is 0.244 e. The van der Waals surface area contributed by atoms with Crippen molar-refractivity contribution in [3.63, 3.8) is 0 Å². The number of benzene rings is 2. The molecule has 7 heteroatoms. The summed E-state index contributed by atoms with van der Waals surface area (Å²) < 4.78 is 39.2. The third-order valence-corrected chi connectivity index (χ3v) is 5.65. The van der Waals surface area contributed by atoms with Gasteiger partial charge in [0.1, 0.15) is 16.4 Å². The summed E-state index contributed by atoms with van der Waals surface area (Å²) in [5, 5.41) is 0. The van der Waals surface area contributed by atoms with Crippen molar-refractivity contribution in [2.24, 2.45) is 0 Å². The van der Waals surface area contributed by atoms with Crippen LogP contribution in [0.25, 0.3) is 0 Å². The highest BCUT2D eigenvalue weighted by molar-refractivity contribution is 9.10. The Hall–Kier alpha value is -1.57. The molecule has 0 aliphatic heterocycles. The molecular formula is C16H18BrNO4S. The number of halogens is 1. The van der Waals surface area contributed by atoms with E-state index in [1.54, 1.807) is 19.1 Å². The first-order valence-corrected chi connectivity index (χ1v) is 9.15. The molecule has 0 bridgehead atoms. The van der Waals surface area contributed by atoms with E-state index in [-0.39, 0.29) is 10.6 Å². The van der Waals surface area contributed by atoms with E-state index in [0.717, 1.165) is 10.0 Å². The molecule has 0 saturated heterocycles. The van der Waals surface area contributed by atoms with Crippen LogP contribution in [0.5, 0.6) is 11.5 Å². The molecule has 23 heavy (non-hydrogen) atoms. The molecule has 0 saturated carbocycles. The molecule has 2 rings (SSSR count). The van der Waals surface area contributed by atoms with Crippen LogP contribution >= 0.6 is 15.9 Å². The van der Waals surface area contributed by atoms with Gasteiger partial charge in [0.25, 0.3) is 0 Å². The van der Waals surface area contributed by atoms with Crippen molar-refractivity contribution < 1.29 is 17.9 Å². The number of ether oxygens (including phenoxy) is 2. The number of sulfonamides is 1. The Bertz CT molecular complexity index is 792. The lowest BCUT2D eigenvalue weighted by Crippen LogP contribution is -2.27. The molecule has 1 atom stereocenters. The Balaban J connectivity index is 2.37. The van der Waals surface area contributed by atoms with Gasteiger partial charge in [-0.2, -0.15) is 0 Å². The van der Waals surface area contributed by atoms with Crippen LogP contribution in [0.15, 0.2) is 51.8 Å². The molecule has 0 aliphatic carbocycles. The zero-order chi connectivity index (χ0) is 17.0. The van der Waals surface area contributed by atoms with E-state index in [9.17, 15) is 8.42 Å². The van der Waals surface area contributed by atoms with Gasteiger partial charge in [-0.15, -0.1) is 0 Å². The van der Waals surface area contributed by atoms with Gasteiger partial charge in [-0.3, -0.25) is 0 Å². The maximum absolute atomic E-state index is 12.7. The third-order valence-electron chi connectivity index (χ3n) is 3.36. The van der Waals surface area contributed by atoms with Crippen LogP contribution in [0.3, 0.4) is 0 Å². The Morgan fingerprint density at radius 2 is 1.78 bits per heavy atom. The van der Waals surface area contributed by atoms with Gasteiger partial charge in [0, 0.05) is 16.6 Å². The number of nitrogens with one attached hydrogen (secondary N) is 1. The van der Waals surface area contributed by atoms with Crippen LogP contribution in [-0.2, 0) is 10.0 Å². The Kier molecular flexibility index (Phi) is 5.67. The lowest BCUT2D eigenvalue weighted by atomic mass is 10.1. The SMILES string of the molecule is COc1ccc(OC)c(S(=O)(=O)NC(C)c2ccccc2Br)c1. The molecule has 2 aromatic carbocycles. The summed E-state index contributed by atoms with van der Waals surface area (Å²) >= 11 is 3.43. The van der Waals surface area contributed by atoms with Crippen LogP contribution in [0.1, 0.15) is 18.5 Å². The Labute approximate surface area is 144 Å². The van der Waals surface area contributed by atoms with Crippen LogP contribution in [0, 0.1) is 0 Å². The molecule has 1 N–H and O–H groups in total. The van der Waals surface area contributed by atoms with Gasteiger partial charge in [0.2, 0.25) is 10.0 Å². The van der Waals surface area contributed by atoms with Gasteiger partial charge in [-0.05, 0) is 30.7 Å². The van der Waals surface area contributed by atoms with Gasteiger partial charge < -0.3 is 9.47 Å². The highest BCUT2D eigenvalue weighted by Crippen LogP contribution is 2.30. The largest absolute Gasteiger partial charge is 0.497 e. The zero-order valence-electron chi connectivity index (χ0n) is 13.0. The molecular weight excluding hydrogens is 382 g/mol. The number of rotatable bonds is 6. The second-order valence-electron chi connectivity index (χ2n) is 4.88. The van der Waals surface area contributed by atoms with Crippen molar-refractivity contribution in [1.82, 2.24) is 4.72 Å². The van der Waals surface area contributed by atoms with E-state index < -0.39 is 16.1 Å². The molecule has 0 fully saturated rings. The van der Waals surface area contributed by atoms with Crippen LogP contribution in [0.2, 0.25) is 0 Å². The van der Waals surface area contributed by atoms with E-state index in [2.05, 4.69) is 20.7 Å². The van der Waals surface area contributed by atoms with Crippen molar-refractivity contribution >= 4 is 26.0 Å². The van der Waals surface area contributed by atoms with Gasteiger partial charge >= 0.3 is 0 Å². The molecule has 0 aliphatic rings. The first kappa shape index (κ1) is 17.8. The second-order valence-corrected chi connectivity index (χ2v) is 7.42. The summed E-state index contributed by atoms with van der Waals surface area (Å²) in [6.45, 7) is 1.78. The maximum atomic E-state index is 12.7. The zero-order valence-corrected chi connectivity index (χ0v) is 15.4. The maximum Gasteiger partial charge on any atom is 0.244 e. The Morgan fingerprint density at radius 1 is 1.09 bits per heavy atom. The minimum atomic E-state index is -3.78. The lowest BCUT2D eigenvalue weighted by Gasteiger charge is -2.17. The summed E-state index contributed by atoms with van der Waals surface area (Å²) in [4.78, 5) is 0.0400. The highest BCUT2D eigenvalue weighted by Gasteiger charge is 2.24. The minimum Gasteiger partial charge on any atom is -0.497 e. The minimum absolute atomic E-state index is 0.0400. The second kappa shape index (κ2) is 7.33. The fourth-order valence-corrected chi connectivity index (χ4v) is 4.22. The molecule has 0 radical (unpaired) electrons. The number of methoxy groups -OCH3 is 2. The molecule has 0 amide bonds. The molecule has 1 unspecified atom stereocenters. The quantitative estimate of drug-likeness (QED) is 0.806. The molecule has 0 spiro atoms. The van der Waals surface area contributed by atoms with Gasteiger partial charge in [0.15, 0.2) is 0 Å². The van der Waals surface area contributed by atoms with E-state index in [1.807, 2.05) is 24.3 Å². The first-order valence-electron chi connectivity index (χ1n) is 6.88. The van der Waals surface area contributed by atoms with E-state index in [4.69, 9.17) is 9.47 Å². The summed E-state index contributed by atoms with van der Waals surface area (Å²) in [6, 6.07) is 11.7. The summed E-state index contributed by atoms with van der Waals surface area (Å²) in [6.07, 6.45) is 0. The van der Waals surface area contributed by atoms with Gasteiger partial charge in [0.05, 0.1) is 14.2 Å². The monoisotopic (exact) mass is 399 g/mol. The number of hydrogen-bond acceptors (Lipinski definition) is 4. The van der Waals surface area contributed by atoms with Crippen molar-refractivity contribution in [2.75, 3.05) is 14.2 Å². The van der Waals surface area contributed by atoms with Gasteiger partial charge in [-0.1, -0.05) is 34.1 Å². The van der Waals surface area contributed by atoms with Crippen LogP contribution in [-0.4, -0.2) is 22.6 Å². The molecule has 2 aromatic rings. The van der Waals surface area contributed by atoms with Crippen LogP contribution in [0.4, 0.5) is 0 Å². The van der Waals surface area contributed by atoms with Crippen molar-refractivity contribution in [3.8, 4) is 11.5 Å². The predicted octanol–water partition coefficient (Wildman–Crippen LogP) is 3.51. The highest BCUT2D eigenvalue weighted by atomic mass is 79.9. The average molecular weight is 400 g/mol. The predicted molar refractivity (Wildman–Crippen MR) is 92.4 cm³/mol. The lowest BCUT2D eigenvalue weighted by molar-refractivity contribution is 0.391. The molecule has 124 valence electrons. The first-order chi connectivity index (χ1) is 10.9.